The summed E-state index contributed by atoms with van der Waals surface area (Å²) in [5.74, 6) is -0.275. The van der Waals surface area contributed by atoms with Crippen LogP contribution in [0.4, 0.5) is 0 Å². The van der Waals surface area contributed by atoms with E-state index in [-0.39, 0.29) is 34.4 Å². The van der Waals surface area contributed by atoms with Crippen molar-refractivity contribution in [2.45, 2.75) is 106 Å². The minimum Gasteiger partial charge on any atom is -0.467 e. The number of fused-ring (bicyclic) bond motifs is 7. The van der Waals surface area contributed by atoms with Crippen LogP contribution in [-0.2, 0) is 20.9 Å². The van der Waals surface area contributed by atoms with E-state index in [1.807, 2.05) is 32.9 Å². The number of rotatable bonds is 3. The molecule has 8 atom stereocenters. The lowest BCUT2D eigenvalue weighted by Crippen LogP contribution is -2.74. The number of Topliss-reactive ketones (excluding diaryl/α,β-unsaturated/α-hetero) is 1. The monoisotopic (exact) mass is 586 g/mol. The molecule has 0 aromatic carbocycles. The standard InChI is InChI=1S/C36H46N2O5/c1-30(2)24-10-11-34(6)25(33(24,5)18-22(20-37)28(30)40)17-27(39)36(42)26-19-32(4,29(41)38-21-23-9-8-16-43-23)13-12-31(26,3)14-15-35(34,36)7/h8-9,16-18,24,26,42H,10-15,19,21H2,1-7H3,(H,38,41). The van der Waals surface area contributed by atoms with Crippen LogP contribution < -0.4 is 5.32 Å². The van der Waals surface area contributed by atoms with Crippen molar-refractivity contribution in [3.8, 4) is 6.07 Å². The Morgan fingerprint density at radius 3 is 2.40 bits per heavy atom. The third-order valence-corrected chi connectivity index (χ3v) is 13.8. The number of amides is 1. The second kappa shape index (κ2) is 9.03. The Morgan fingerprint density at radius 1 is 1.05 bits per heavy atom. The number of aliphatic hydroxyl groups is 1. The van der Waals surface area contributed by atoms with Crippen molar-refractivity contribution < 1.29 is 23.9 Å². The molecule has 230 valence electrons. The van der Waals surface area contributed by atoms with E-state index in [9.17, 15) is 24.8 Å². The van der Waals surface area contributed by atoms with Crippen LogP contribution in [-0.4, -0.2) is 28.2 Å². The van der Waals surface area contributed by atoms with Crippen molar-refractivity contribution in [1.82, 2.24) is 5.32 Å². The Kier molecular flexibility index (Phi) is 6.32. The molecule has 43 heavy (non-hydrogen) atoms. The van der Waals surface area contributed by atoms with Gasteiger partial charge in [0, 0.05) is 27.6 Å². The Labute approximate surface area is 255 Å². The van der Waals surface area contributed by atoms with E-state index in [0.717, 1.165) is 31.3 Å². The summed E-state index contributed by atoms with van der Waals surface area (Å²) >= 11 is 0. The number of carbonyl (C=O) groups is 3. The molecule has 1 heterocycles. The predicted octanol–water partition coefficient (Wildman–Crippen LogP) is 6.23. The molecule has 1 aromatic rings. The van der Waals surface area contributed by atoms with Gasteiger partial charge in [-0.25, -0.2) is 0 Å². The molecule has 8 unspecified atom stereocenters. The molecule has 5 aliphatic rings. The van der Waals surface area contributed by atoms with Gasteiger partial charge >= 0.3 is 0 Å². The third-order valence-electron chi connectivity index (χ3n) is 13.8. The van der Waals surface area contributed by atoms with Gasteiger partial charge in [0.05, 0.1) is 18.4 Å². The van der Waals surface area contributed by atoms with Crippen LogP contribution >= 0.6 is 0 Å². The summed E-state index contributed by atoms with van der Waals surface area (Å²) in [5.41, 5.74) is -4.28. The van der Waals surface area contributed by atoms with Crippen LogP contribution in [0, 0.1) is 55.7 Å². The number of furan rings is 1. The molecule has 1 aromatic heterocycles. The zero-order chi connectivity index (χ0) is 31.4. The molecule has 6 rings (SSSR count). The van der Waals surface area contributed by atoms with Crippen molar-refractivity contribution in [2.24, 2.45) is 44.3 Å². The first-order valence-electron chi connectivity index (χ1n) is 15.9. The van der Waals surface area contributed by atoms with Gasteiger partial charge in [-0.3, -0.25) is 14.4 Å². The van der Waals surface area contributed by atoms with Crippen LogP contribution in [0.5, 0.6) is 0 Å². The molecule has 5 aliphatic carbocycles. The zero-order valence-electron chi connectivity index (χ0n) is 26.7. The number of allylic oxidation sites excluding steroid dienone is 3. The summed E-state index contributed by atoms with van der Waals surface area (Å²) in [6, 6.07) is 5.77. The van der Waals surface area contributed by atoms with Gasteiger partial charge in [0.1, 0.15) is 17.4 Å². The summed E-state index contributed by atoms with van der Waals surface area (Å²) in [7, 11) is 0. The van der Waals surface area contributed by atoms with E-state index in [0.29, 0.717) is 31.6 Å². The largest absolute Gasteiger partial charge is 0.467 e. The molecule has 0 radical (unpaired) electrons. The summed E-state index contributed by atoms with van der Waals surface area (Å²) < 4.78 is 5.41. The molecule has 7 heteroatoms. The highest BCUT2D eigenvalue weighted by atomic mass is 16.3. The molecule has 3 saturated carbocycles. The summed E-state index contributed by atoms with van der Waals surface area (Å²) in [6.07, 6.45) is 10.0. The van der Waals surface area contributed by atoms with Crippen LogP contribution in [0.15, 0.2) is 46.1 Å². The molecule has 0 bridgehead atoms. The first-order chi connectivity index (χ1) is 19.9. The van der Waals surface area contributed by atoms with Gasteiger partial charge in [0.15, 0.2) is 11.6 Å². The second-order valence-electron chi connectivity index (χ2n) is 16.2. The number of hydrogen-bond acceptors (Lipinski definition) is 6. The van der Waals surface area contributed by atoms with Gasteiger partial charge in [0.2, 0.25) is 5.91 Å². The second-order valence-corrected chi connectivity index (χ2v) is 16.2. The van der Waals surface area contributed by atoms with Crippen LogP contribution in [0.3, 0.4) is 0 Å². The van der Waals surface area contributed by atoms with Crippen molar-refractivity contribution in [3.05, 3.63) is 47.5 Å². The lowest BCUT2D eigenvalue weighted by Gasteiger charge is -2.71. The van der Waals surface area contributed by atoms with Gasteiger partial charge in [-0.1, -0.05) is 54.5 Å². The molecular formula is C36H46N2O5. The van der Waals surface area contributed by atoms with E-state index in [1.165, 1.54) is 0 Å². The fourth-order valence-electron chi connectivity index (χ4n) is 10.8. The molecule has 0 saturated heterocycles. The topological polar surface area (TPSA) is 120 Å². The summed E-state index contributed by atoms with van der Waals surface area (Å²) in [5, 5.41) is 26.0. The Morgan fingerprint density at radius 2 is 1.74 bits per heavy atom. The number of hydrogen-bond donors (Lipinski definition) is 2. The van der Waals surface area contributed by atoms with Crippen molar-refractivity contribution in [2.75, 3.05) is 0 Å². The average Bonchev–Trinajstić information content (AvgIpc) is 3.48. The predicted molar refractivity (Wildman–Crippen MR) is 161 cm³/mol. The fourth-order valence-corrected chi connectivity index (χ4v) is 10.8. The number of carbonyl (C=O) groups excluding carboxylic acids is 3. The minimum atomic E-state index is -1.65. The van der Waals surface area contributed by atoms with E-state index in [1.54, 1.807) is 18.4 Å². The Hall–Kier alpha value is -2.98. The molecule has 0 spiro atoms. The first-order valence-corrected chi connectivity index (χ1v) is 15.9. The molecule has 1 amide bonds. The molecule has 3 fully saturated rings. The maximum atomic E-state index is 14.6. The number of ketones is 2. The van der Waals surface area contributed by atoms with Gasteiger partial charge in [-0.2, -0.15) is 5.26 Å². The van der Waals surface area contributed by atoms with Crippen molar-refractivity contribution in [3.63, 3.8) is 0 Å². The zero-order valence-corrected chi connectivity index (χ0v) is 26.7. The van der Waals surface area contributed by atoms with E-state index in [2.05, 4.69) is 39.1 Å². The highest BCUT2D eigenvalue weighted by molar-refractivity contribution is 6.05. The van der Waals surface area contributed by atoms with E-state index >= 15 is 0 Å². The number of nitrogens with zero attached hydrogens (tertiary/aromatic N) is 1. The van der Waals surface area contributed by atoms with Gasteiger partial charge in [0.25, 0.3) is 0 Å². The van der Waals surface area contributed by atoms with Gasteiger partial charge in [-0.05, 0) is 85.5 Å². The van der Waals surface area contributed by atoms with Crippen molar-refractivity contribution >= 4 is 17.5 Å². The first kappa shape index (κ1) is 30.1. The lowest BCUT2D eigenvalue weighted by molar-refractivity contribution is -0.242. The minimum absolute atomic E-state index is 0.0591. The number of nitriles is 1. The molecule has 2 N–H and O–H groups in total. The van der Waals surface area contributed by atoms with Crippen molar-refractivity contribution in [1.29, 1.82) is 5.26 Å². The van der Waals surface area contributed by atoms with Gasteiger partial charge in [-0.15, -0.1) is 0 Å². The Bertz CT molecular complexity index is 1510. The average molecular weight is 587 g/mol. The Balaban J connectivity index is 1.43. The fraction of sp³-hybridized carbons (Fsp3) is 0.667. The van der Waals surface area contributed by atoms with Crippen LogP contribution in [0.2, 0.25) is 0 Å². The van der Waals surface area contributed by atoms with E-state index < -0.39 is 38.6 Å². The van der Waals surface area contributed by atoms with E-state index in [4.69, 9.17) is 4.42 Å². The molecule has 0 aliphatic heterocycles. The highest BCUT2D eigenvalue weighted by Gasteiger charge is 2.75. The number of nitrogens with one attached hydrogen (secondary N) is 1. The normalized spacial score (nSPS) is 44.9. The molecule has 7 nitrogen and oxygen atoms in total. The van der Waals surface area contributed by atoms with Gasteiger partial charge < -0.3 is 14.8 Å². The van der Waals surface area contributed by atoms with Crippen LogP contribution in [0.1, 0.15) is 99.2 Å². The quantitative estimate of drug-likeness (QED) is 0.433. The lowest BCUT2D eigenvalue weighted by atomic mass is 9.33. The SMILES string of the molecule is CC1(C(=O)NCc2ccco2)CCC2(C)CCC3(C)C4(C)CCC5C(C)(C)C(=O)C(C#N)=CC5(C)C4=CC(=O)C3(O)C2C1. The maximum Gasteiger partial charge on any atom is 0.226 e. The summed E-state index contributed by atoms with van der Waals surface area (Å²) in [6.45, 7) is 14.7. The smallest absolute Gasteiger partial charge is 0.226 e. The van der Waals surface area contributed by atoms with Crippen LogP contribution in [0.25, 0.3) is 0 Å². The third kappa shape index (κ3) is 3.65. The molecular weight excluding hydrogens is 540 g/mol. The summed E-state index contributed by atoms with van der Waals surface area (Å²) in [4.78, 5) is 41.6. The highest BCUT2D eigenvalue weighted by Crippen LogP contribution is 2.75. The maximum absolute atomic E-state index is 14.6.